The first kappa shape index (κ1) is 55.4. The first-order chi connectivity index (χ1) is 36.1. The van der Waals surface area contributed by atoms with Crippen LogP contribution in [0.3, 0.4) is 0 Å². The normalized spacial score (nSPS) is 29.7. The van der Waals surface area contributed by atoms with Gasteiger partial charge in [0.05, 0.1) is 18.3 Å². The van der Waals surface area contributed by atoms with E-state index >= 15 is 0 Å². The number of esters is 1. The Labute approximate surface area is 441 Å². The third-order valence-corrected chi connectivity index (χ3v) is 18.2. The molecule has 5 fully saturated rings. The maximum Gasteiger partial charge on any atom is 0.524 e. The summed E-state index contributed by atoms with van der Waals surface area (Å²) in [5, 5.41) is 26.7. The average molecular weight is 1060 g/mol. The second kappa shape index (κ2) is 24.1. The molecular formula is C58H79N3O13P+. The first-order valence-corrected chi connectivity index (χ1v) is 29.2. The minimum absolute atomic E-state index is 0.0154. The minimum Gasteiger partial charge on any atom is -0.455 e. The summed E-state index contributed by atoms with van der Waals surface area (Å²) in [5.74, 6) is -1.06. The number of carbonyl (C=O) groups excluding carboxylic acids is 3. The van der Waals surface area contributed by atoms with E-state index in [1.165, 1.54) is 11.6 Å². The fourth-order valence-corrected chi connectivity index (χ4v) is 14.5. The number of unbranched alkanes of at least 4 members (excludes halogenated alkanes) is 4. The number of aliphatic hydroxyl groups is 2. The van der Waals surface area contributed by atoms with Gasteiger partial charge in [-0.3, -0.25) is 19.4 Å². The molecule has 75 heavy (non-hydrogen) atoms. The third-order valence-electron chi connectivity index (χ3n) is 17.7. The molecule has 2 heterocycles. The molecule has 16 nitrogen and oxygen atoms in total. The van der Waals surface area contributed by atoms with Crippen LogP contribution in [0.4, 0.5) is 0 Å². The number of aryl methyl sites for hydroxylation is 1. The highest BCUT2D eigenvalue weighted by Crippen LogP contribution is 2.70. The average Bonchev–Trinajstić information content (AvgIpc) is 4.16. The molecule has 0 radical (unpaired) electrons. The van der Waals surface area contributed by atoms with E-state index in [-0.39, 0.29) is 60.6 Å². The number of hydrogen-bond acceptors (Lipinski definition) is 12. The molecule has 3 aromatic rings. The van der Waals surface area contributed by atoms with E-state index < -0.39 is 61.4 Å². The Morgan fingerprint density at radius 1 is 0.987 bits per heavy atom. The second-order valence-corrected chi connectivity index (χ2v) is 23.8. The van der Waals surface area contributed by atoms with Gasteiger partial charge in [0.15, 0.2) is 30.8 Å². The second-order valence-electron chi connectivity index (χ2n) is 22.7. The van der Waals surface area contributed by atoms with Crippen molar-refractivity contribution >= 4 is 25.4 Å². The van der Waals surface area contributed by atoms with E-state index in [0.29, 0.717) is 24.0 Å². The number of hydrogen-bond donors (Lipinski definition) is 5. The van der Waals surface area contributed by atoms with Crippen molar-refractivity contribution in [2.45, 2.75) is 160 Å². The van der Waals surface area contributed by atoms with E-state index in [2.05, 4.69) is 43.4 Å². The zero-order valence-electron chi connectivity index (χ0n) is 43.8. The van der Waals surface area contributed by atoms with Crippen LogP contribution in [0.15, 0.2) is 91.1 Å². The lowest BCUT2D eigenvalue weighted by molar-refractivity contribution is -0.687. The predicted molar refractivity (Wildman–Crippen MR) is 278 cm³/mol. The lowest BCUT2D eigenvalue weighted by Crippen LogP contribution is -2.63. The molecule has 1 saturated heterocycles. The van der Waals surface area contributed by atoms with Crippen LogP contribution in [-0.4, -0.2) is 99.1 Å². The number of phosphoric ester groups is 1. The Morgan fingerprint density at radius 2 is 1.76 bits per heavy atom. The summed E-state index contributed by atoms with van der Waals surface area (Å²) in [7, 11) is -4.93. The Kier molecular flexibility index (Phi) is 17.8. The van der Waals surface area contributed by atoms with Gasteiger partial charge in [0.2, 0.25) is 12.1 Å². The highest BCUT2D eigenvalue weighted by Gasteiger charge is 2.76. The number of imidazole rings is 1. The molecule has 0 bridgehead atoms. The van der Waals surface area contributed by atoms with Gasteiger partial charge in [-0.1, -0.05) is 94.0 Å². The van der Waals surface area contributed by atoms with Crippen molar-refractivity contribution in [3.63, 3.8) is 0 Å². The molecule has 408 valence electrons. The van der Waals surface area contributed by atoms with Crippen LogP contribution in [-0.2, 0) is 57.4 Å². The van der Waals surface area contributed by atoms with Gasteiger partial charge in [0.1, 0.15) is 24.7 Å². The summed E-state index contributed by atoms with van der Waals surface area (Å²) < 4.78 is 45.8. The summed E-state index contributed by atoms with van der Waals surface area (Å²) >= 11 is 0. The highest BCUT2D eigenvalue weighted by atomic mass is 31.2. The van der Waals surface area contributed by atoms with Crippen LogP contribution < -0.4 is 14.4 Å². The molecule has 2 aromatic carbocycles. The smallest absolute Gasteiger partial charge is 0.455 e. The van der Waals surface area contributed by atoms with Crippen molar-refractivity contribution in [2.24, 2.45) is 34.5 Å². The van der Waals surface area contributed by atoms with Crippen LogP contribution in [0.2, 0.25) is 0 Å². The fraction of sp³-hybridized carbons (Fsp3) is 0.621. The number of Topliss-reactive ketones (excluding diaryl/α,β-unsaturated/α-hetero) is 1. The molecular weight excluding hydrogens is 978 g/mol. The topological polar surface area (TPSA) is 216 Å². The molecule has 1 aliphatic heterocycles. The van der Waals surface area contributed by atoms with Crippen molar-refractivity contribution in [3.8, 4) is 5.75 Å². The van der Waals surface area contributed by atoms with Crippen LogP contribution in [0.1, 0.15) is 133 Å². The van der Waals surface area contributed by atoms with Gasteiger partial charge in [-0.15, -0.1) is 0 Å². The Bertz CT molecular complexity index is 2580. The molecule has 5 aliphatic carbocycles. The number of benzene rings is 2. The van der Waals surface area contributed by atoms with Crippen molar-refractivity contribution in [1.29, 1.82) is 0 Å². The Balaban J connectivity index is 0.775. The van der Waals surface area contributed by atoms with Crippen LogP contribution in [0, 0.1) is 34.5 Å². The maximum atomic E-state index is 15.0. The van der Waals surface area contributed by atoms with Gasteiger partial charge in [-0.2, -0.15) is 0 Å². The van der Waals surface area contributed by atoms with Gasteiger partial charge in [-0.05, 0) is 124 Å². The number of phosphoric acid groups is 1. The minimum atomic E-state index is -4.93. The number of fused-ring (bicyclic) bond motifs is 7. The van der Waals surface area contributed by atoms with Crippen LogP contribution in [0.5, 0.6) is 5.75 Å². The number of rotatable bonds is 25. The van der Waals surface area contributed by atoms with Gasteiger partial charge in [0.25, 0.3) is 0 Å². The third kappa shape index (κ3) is 12.5. The van der Waals surface area contributed by atoms with Crippen molar-refractivity contribution in [3.05, 3.63) is 108 Å². The fourth-order valence-electron chi connectivity index (χ4n) is 14.1. The Hall–Kier alpha value is -4.35. The number of ether oxygens (including phenoxy) is 4. The molecule has 0 spiro atoms. The molecule has 1 aromatic heterocycles. The molecule has 6 aliphatic rings. The zero-order chi connectivity index (χ0) is 52.8. The van der Waals surface area contributed by atoms with Crippen molar-refractivity contribution in [1.82, 2.24) is 9.88 Å². The number of nitrogens with one attached hydrogen (secondary N) is 1. The predicted octanol–water partition coefficient (Wildman–Crippen LogP) is 7.58. The van der Waals surface area contributed by atoms with E-state index in [4.69, 9.17) is 23.5 Å². The maximum absolute atomic E-state index is 15.0. The summed E-state index contributed by atoms with van der Waals surface area (Å²) in [6.07, 6.45) is 22.3. The van der Waals surface area contributed by atoms with E-state index in [1.54, 1.807) is 52.1 Å². The lowest BCUT2D eigenvalue weighted by atomic mass is 9.46. The summed E-state index contributed by atoms with van der Waals surface area (Å²) in [6.45, 7) is 6.06. The molecule has 0 amide bonds. The Morgan fingerprint density at radius 3 is 2.55 bits per heavy atom. The summed E-state index contributed by atoms with van der Waals surface area (Å²) in [6, 6.07) is 15.2. The number of ketones is 2. The van der Waals surface area contributed by atoms with Gasteiger partial charge in [0, 0.05) is 48.0 Å². The molecule has 5 N–H and O–H groups in total. The van der Waals surface area contributed by atoms with Crippen LogP contribution in [0.25, 0.3) is 0 Å². The van der Waals surface area contributed by atoms with E-state index in [0.717, 1.165) is 115 Å². The highest BCUT2D eigenvalue weighted by molar-refractivity contribution is 7.46. The first-order valence-electron chi connectivity index (χ1n) is 27.6. The lowest BCUT2D eigenvalue weighted by Gasteiger charge is -2.59. The standard InChI is InChI=1S/C58H78N3O13P/c1-56-25-24-45(62)32-44(56)21-22-46-47-33-52-58(57(47,2)34-48(63)54(46)56,73-55(72-52)41-18-9-6-10-19-41)51(65)38-71-53(66)37-61-28-27-60(39-61)36-43-31-42(20-23-50(43)74-75(67,68)69)49(64)35-59-26-12-3-4-13-29-70-30-14-11-17-40-15-7-5-8-16-40/h5,7-8,15-16,20,23-25,27-28,31-32,39,41,46-49,52,54-55,59,63-64H,3-4,6,9-14,17-19,21-22,26,29-30,33-38H2,1-2H3,(H-,67,68,69)/p+1/t46-,47-,48-,49?,52+,54+,55+,56-,57-,58+/m0/s1. The van der Waals surface area contributed by atoms with Gasteiger partial charge in [-0.25, -0.2) is 18.5 Å². The number of allylic oxidation sites excluding steroid dienone is 4. The summed E-state index contributed by atoms with van der Waals surface area (Å²) in [5.41, 5.74) is 0.630. The van der Waals surface area contributed by atoms with E-state index in [1.807, 2.05) is 12.1 Å². The number of carbonyl (C=O) groups is 3. The molecule has 10 atom stereocenters. The monoisotopic (exact) mass is 1060 g/mol. The molecule has 17 heteroatoms. The molecule has 4 saturated carbocycles. The van der Waals surface area contributed by atoms with E-state index in [9.17, 15) is 38.9 Å². The molecule has 9 rings (SSSR count). The van der Waals surface area contributed by atoms with Crippen molar-refractivity contribution < 1.29 is 67.0 Å². The van der Waals surface area contributed by atoms with Crippen LogP contribution >= 0.6 is 7.82 Å². The number of nitrogens with zero attached hydrogens (tertiary/aromatic N) is 2. The largest absolute Gasteiger partial charge is 0.524 e. The zero-order valence-corrected chi connectivity index (χ0v) is 44.7. The van der Waals surface area contributed by atoms with Gasteiger partial charge < -0.3 is 39.0 Å². The SMILES string of the molecule is C[C@]12C=CC(=O)C=C1CC[C@@H]1[C@@H]2[C@@H](O)C[C@@]2(C)[C@H]1C[C@H]1O[C@@H](C3CCCCC3)O[C@]12C(=O)COC(=O)Cn1cc[n+](Cc2cc(C(O)CNCCCCCCOCCCCc3ccccc3)ccc2OP(=O)(O)O)c1. The molecule has 1 unspecified atom stereocenters. The number of aromatic nitrogens is 2. The quantitative estimate of drug-likeness (QED) is 0.0239. The summed E-state index contributed by atoms with van der Waals surface area (Å²) in [4.78, 5) is 60.4. The number of aliphatic hydroxyl groups excluding tert-OH is 2. The van der Waals surface area contributed by atoms with Gasteiger partial charge >= 0.3 is 13.8 Å². The van der Waals surface area contributed by atoms with Crippen molar-refractivity contribution in [2.75, 3.05) is 32.9 Å².